The standard InChI is InChI=1S/C20H27NO2/c1-18(2,3)23-17(22)21-12-10-19(11-13-21)14-15-6-4-5-7-16(15)20(19)8-9-20/h4-7H,8-14H2,1-3H3. The maximum Gasteiger partial charge on any atom is 0.410 e. The van der Waals surface area contributed by atoms with Gasteiger partial charge in [-0.1, -0.05) is 24.3 Å². The van der Waals surface area contributed by atoms with Crippen LogP contribution < -0.4 is 0 Å². The first-order valence-corrected chi connectivity index (χ1v) is 8.92. The normalized spacial score (nSPS) is 23.9. The van der Waals surface area contributed by atoms with Crippen LogP contribution in [0.4, 0.5) is 4.79 Å². The highest BCUT2D eigenvalue weighted by Gasteiger charge is 2.64. The predicted molar refractivity (Wildman–Crippen MR) is 90.5 cm³/mol. The van der Waals surface area contributed by atoms with E-state index in [0.29, 0.717) is 10.8 Å². The van der Waals surface area contributed by atoms with Crippen molar-refractivity contribution in [3.05, 3.63) is 35.4 Å². The molecule has 1 heterocycles. The smallest absolute Gasteiger partial charge is 0.410 e. The number of hydrogen-bond acceptors (Lipinski definition) is 2. The molecule has 3 aliphatic rings. The van der Waals surface area contributed by atoms with E-state index in [2.05, 4.69) is 24.3 Å². The van der Waals surface area contributed by atoms with Crippen LogP contribution >= 0.6 is 0 Å². The second-order valence-electron chi connectivity index (χ2n) is 8.66. The van der Waals surface area contributed by atoms with Gasteiger partial charge < -0.3 is 9.64 Å². The van der Waals surface area contributed by atoms with Crippen LogP contribution in [0.1, 0.15) is 57.6 Å². The molecule has 0 atom stereocenters. The number of fused-ring (bicyclic) bond motifs is 3. The summed E-state index contributed by atoms with van der Waals surface area (Å²) < 4.78 is 5.54. The molecule has 0 bridgehead atoms. The van der Waals surface area contributed by atoms with Crippen LogP contribution in [0.2, 0.25) is 0 Å². The molecule has 1 saturated carbocycles. The molecule has 2 fully saturated rings. The number of ether oxygens (including phenoxy) is 1. The topological polar surface area (TPSA) is 29.5 Å². The Morgan fingerprint density at radius 2 is 1.74 bits per heavy atom. The van der Waals surface area contributed by atoms with Crippen molar-refractivity contribution >= 4 is 6.09 Å². The predicted octanol–water partition coefficient (Wildman–Crippen LogP) is 4.29. The molecule has 3 heteroatoms. The van der Waals surface area contributed by atoms with Crippen LogP contribution in [0, 0.1) is 5.41 Å². The molecule has 1 saturated heterocycles. The number of nitrogens with zero attached hydrogens (tertiary/aromatic N) is 1. The lowest BCUT2D eigenvalue weighted by Gasteiger charge is -2.44. The highest BCUT2D eigenvalue weighted by Crippen LogP contribution is 2.69. The van der Waals surface area contributed by atoms with Crippen LogP contribution in [0.25, 0.3) is 0 Å². The van der Waals surface area contributed by atoms with Gasteiger partial charge in [-0.05, 0) is 69.4 Å². The Bertz CT molecular complexity index is 631. The summed E-state index contributed by atoms with van der Waals surface area (Å²) in [7, 11) is 0. The van der Waals surface area contributed by atoms with Gasteiger partial charge in [-0.25, -0.2) is 4.79 Å². The summed E-state index contributed by atoms with van der Waals surface area (Å²) in [6.07, 6.45) is 5.94. The Morgan fingerprint density at radius 1 is 1.09 bits per heavy atom. The van der Waals surface area contributed by atoms with Crippen LogP contribution in [-0.4, -0.2) is 29.7 Å². The van der Waals surface area contributed by atoms with Crippen LogP contribution in [0.3, 0.4) is 0 Å². The number of likely N-dealkylation sites (tertiary alicyclic amines) is 1. The summed E-state index contributed by atoms with van der Waals surface area (Å²) in [5.41, 5.74) is 3.55. The van der Waals surface area contributed by atoms with E-state index < -0.39 is 5.60 Å². The summed E-state index contributed by atoms with van der Waals surface area (Å²) in [6.45, 7) is 7.48. The number of carbonyl (C=O) groups excluding carboxylic acids is 1. The van der Waals surface area contributed by atoms with Gasteiger partial charge in [0.1, 0.15) is 5.60 Å². The van der Waals surface area contributed by atoms with Crippen LogP contribution in [0.5, 0.6) is 0 Å². The summed E-state index contributed by atoms with van der Waals surface area (Å²) in [6, 6.07) is 9.01. The molecule has 2 aliphatic carbocycles. The van der Waals surface area contributed by atoms with Crippen molar-refractivity contribution in [2.45, 2.75) is 63.9 Å². The number of amides is 1. The summed E-state index contributed by atoms with van der Waals surface area (Å²) >= 11 is 0. The van der Waals surface area contributed by atoms with Gasteiger partial charge in [0.15, 0.2) is 0 Å². The van der Waals surface area contributed by atoms with E-state index in [1.807, 2.05) is 25.7 Å². The molecular formula is C20H27NO2. The first kappa shape index (κ1) is 15.0. The maximum atomic E-state index is 12.3. The van der Waals surface area contributed by atoms with Gasteiger partial charge in [0.05, 0.1) is 0 Å². The van der Waals surface area contributed by atoms with E-state index >= 15 is 0 Å². The molecule has 3 nitrogen and oxygen atoms in total. The Labute approximate surface area is 139 Å². The molecular weight excluding hydrogens is 286 g/mol. The number of carbonyl (C=O) groups is 1. The fourth-order valence-electron chi connectivity index (χ4n) is 4.98. The molecule has 0 N–H and O–H groups in total. The molecule has 4 rings (SSSR count). The zero-order valence-electron chi connectivity index (χ0n) is 14.5. The van der Waals surface area contributed by atoms with Crippen molar-refractivity contribution < 1.29 is 9.53 Å². The largest absolute Gasteiger partial charge is 0.444 e. The summed E-state index contributed by atoms with van der Waals surface area (Å²) in [4.78, 5) is 14.2. The minimum absolute atomic E-state index is 0.146. The van der Waals surface area contributed by atoms with Crippen LogP contribution in [0.15, 0.2) is 24.3 Å². The summed E-state index contributed by atoms with van der Waals surface area (Å²) in [5.74, 6) is 0. The fraction of sp³-hybridized carbons (Fsp3) is 0.650. The Balaban J connectivity index is 1.50. The lowest BCUT2D eigenvalue weighted by Crippen LogP contribution is -2.48. The van der Waals surface area contributed by atoms with E-state index in [9.17, 15) is 4.79 Å². The molecule has 0 radical (unpaired) electrons. The van der Waals surface area contributed by atoms with Crippen molar-refractivity contribution in [1.82, 2.24) is 4.90 Å². The number of hydrogen-bond donors (Lipinski definition) is 0. The molecule has 1 aromatic rings. The minimum atomic E-state index is -0.409. The van der Waals surface area contributed by atoms with Gasteiger partial charge in [-0.2, -0.15) is 0 Å². The van der Waals surface area contributed by atoms with Crippen molar-refractivity contribution in [1.29, 1.82) is 0 Å². The Hall–Kier alpha value is -1.51. The highest BCUT2D eigenvalue weighted by molar-refractivity contribution is 5.68. The number of piperidine rings is 1. The molecule has 2 spiro atoms. The minimum Gasteiger partial charge on any atom is -0.444 e. The van der Waals surface area contributed by atoms with Crippen molar-refractivity contribution in [2.24, 2.45) is 5.41 Å². The molecule has 1 aromatic carbocycles. The molecule has 124 valence electrons. The molecule has 0 unspecified atom stereocenters. The first-order valence-electron chi connectivity index (χ1n) is 8.92. The SMILES string of the molecule is CC(C)(C)OC(=O)N1CCC2(CC1)Cc1ccccc1C21CC1. The zero-order chi connectivity index (χ0) is 16.3. The lowest BCUT2D eigenvalue weighted by atomic mass is 9.67. The van der Waals surface area contributed by atoms with Crippen molar-refractivity contribution in [2.75, 3.05) is 13.1 Å². The average molecular weight is 313 g/mol. The van der Waals surface area contributed by atoms with Gasteiger partial charge >= 0.3 is 6.09 Å². The zero-order valence-corrected chi connectivity index (χ0v) is 14.5. The third-order valence-electron chi connectivity index (χ3n) is 6.20. The monoisotopic (exact) mass is 313 g/mol. The molecule has 1 aliphatic heterocycles. The molecule has 1 amide bonds. The van der Waals surface area contributed by atoms with E-state index in [0.717, 1.165) is 25.9 Å². The van der Waals surface area contributed by atoms with E-state index in [-0.39, 0.29) is 6.09 Å². The quantitative estimate of drug-likeness (QED) is 0.715. The third kappa shape index (κ3) is 2.28. The van der Waals surface area contributed by atoms with Crippen molar-refractivity contribution in [3.8, 4) is 0 Å². The highest BCUT2D eigenvalue weighted by atomic mass is 16.6. The number of rotatable bonds is 0. The van der Waals surface area contributed by atoms with Gasteiger partial charge in [0, 0.05) is 18.5 Å². The molecule has 0 aromatic heterocycles. The van der Waals surface area contributed by atoms with Crippen LogP contribution in [-0.2, 0) is 16.6 Å². The van der Waals surface area contributed by atoms with Gasteiger partial charge in [0.2, 0.25) is 0 Å². The fourth-order valence-corrected chi connectivity index (χ4v) is 4.98. The second-order valence-corrected chi connectivity index (χ2v) is 8.66. The van der Waals surface area contributed by atoms with E-state index in [1.165, 1.54) is 19.3 Å². The van der Waals surface area contributed by atoms with E-state index in [4.69, 9.17) is 4.74 Å². The lowest BCUT2D eigenvalue weighted by molar-refractivity contribution is 0.00604. The van der Waals surface area contributed by atoms with Crippen molar-refractivity contribution in [3.63, 3.8) is 0 Å². The second kappa shape index (κ2) is 4.75. The average Bonchev–Trinajstić information content (AvgIpc) is 3.24. The maximum absolute atomic E-state index is 12.3. The van der Waals surface area contributed by atoms with Gasteiger partial charge in [-0.15, -0.1) is 0 Å². The first-order chi connectivity index (χ1) is 10.9. The third-order valence-corrected chi connectivity index (χ3v) is 6.20. The summed E-state index contributed by atoms with van der Waals surface area (Å²) in [5, 5.41) is 0. The Kier molecular flexibility index (Phi) is 3.11. The van der Waals surface area contributed by atoms with Gasteiger partial charge in [0.25, 0.3) is 0 Å². The Morgan fingerprint density at radius 3 is 2.35 bits per heavy atom. The van der Waals surface area contributed by atoms with Gasteiger partial charge in [-0.3, -0.25) is 0 Å². The number of benzene rings is 1. The molecule has 23 heavy (non-hydrogen) atoms. The van der Waals surface area contributed by atoms with E-state index in [1.54, 1.807) is 11.1 Å².